The Morgan fingerprint density at radius 2 is 0.842 bits per heavy atom. The van der Waals surface area contributed by atoms with Gasteiger partial charge in [-0.2, -0.15) is 0 Å². The fourth-order valence-corrected chi connectivity index (χ4v) is 7.92. The predicted molar refractivity (Wildman–Crippen MR) is 166 cm³/mol. The van der Waals surface area contributed by atoms with Gasteiger partial charge in [-0.1, -0.05) is 109 Å². The summed E-state index contributed by atoms with van der Waals surface area (Å²) >= 11 is 1.92. The van der Waals surface area contributed by atoms with E-state index in [-0.39, 0.29) is 0 Å². The van der Waals surface area contributed by atoms with Crippen molar-refractivity contribution in [1.82, 2.24) is 4.57 Å². The van der Waals surface area contributed by atoms with E-state index in [1.165, 1.54) is 80.0 Å². The summed E-state index contributed by atoms with van der Waals surface area (Å²) < 4.78 is 5.23. The molecule has 9 aromatic rings. The van der Waals surface area contributed by atoms with Gasteiger partial charge in [-0.15, -0.1) is 11.3 Å². The molecular weight excluding hydrogens is 478 g/mol. The van der Waals surface area contributed by atoms with Crippen LogP contribution in [0.15, 0.2) is 127 Å². The van der Waals surface area contributed by atoms with Crippen LogP contribution in [0.25, 0.3) is 80.0 Å². The minimum absolute atomic E-state index is 1.20. The van der Waals surface area contributed by atoms with E-state index in [2.05, 4.69) is 132 Å². The third kappa shape index (κ3) is 2.50. The Labute approximate surface area is 222 Å². The Hall–Kier alpha value is -4.66. The van der Waals surface area contributed by atoms with Crippen molar-refractivity contribution in [2.45, 2.75) is 0 Å². The highest BCUT2D eigenvalue weighted by atomic mass is 32.1. The van der Waals surface area contributed by atoms with Crippen LogP contribution < -0.4 is 0 Å². The van der Waals surface area contributed by atoms with E-state index in [4.69, 9.17) is 0 Å². The van der Waals surface area contributed by atoms with Gasteiger partial charge in [-0.25, -0.2) is 0 Å². The van der Waals surface area contributed by atoms with Gasteiger partial charge in [0.15, 0.2) is 0 Å². The van der Waals surface area contributed by atoms with Gasteiger partial charge in [0.25, 0.3) is 0 Å². The molecule has 0 bridgehead atoms. The minimum atomic E-state index is 1.20. The van der Waals surface area contributed by atoms with Gasteiger partial charge in [0.1, 0.15) is 0 Å². The molecule has 0 amide bonds. The molecular formula is C36H21NS. The zero-order valence-corrected chi connectivity index (χ0v) is 21.3. The molecule has 0 unspecified atom stereocenters. The number of hydrogen-bond donors (Lipinski definition) is 0. The summed E-state index contributed by atoms with van der Waals surface area (Å²) in [5.41, 5.74) is 3.79. The van der Waals surface area contributed by atoms with Gasteiger partial charge >= 0.3 is 0 Å². The molecule has 9 rings (SSSR count). The molecule has 0 atom stereocenters. The summed E-state index contributed by atoms with van der Waals surface area (Å²) in [5, 5.41) is 13.2. The monoisotopic (exact) mass is 499 g/mol. The number of rotatable bonds is 1. The lowest BCUT2D eigenvalue weighted by Gasteiger charge is -2.12. The Morgan fingerprint density at radius 1 is 0.368 bits per heavy atom. The molecule has 38 heavy (non-hydrogen) atoms. The van der Waals surface area contributed by atoms with Crippen molar-refractivity contribution < 1.29 is 0 Å². The second-order valence-corrected chi connectivity index (χ2v) is 11.1. The van der Waals surface area contributed by atoms with Gasteiger partial charge in [-0.05, 0) is 45.1 Å². The highest BCUT2D eigenvalue weighted by Gasteiger charge is 2.24. The van der Waals surface area contributed by atoms with Crippen LogP contribution >= 0.6 is 11.3 Å². The van der Waals surface area contributed by atoms with Crippen molar-refractivity contribution >= 4 is 85.6 Å². The van der Waals surface area contributed by atoms with Crippen LogP contribution in [0.5, 0.6) is 0 Å². The average Bonchev–Trinajstić information content (AvgIpc) is 3.55. The summed E-state index contributed by atoms with van der Waals surface area (Å²) in [6, 6.07) is 46.6. The Balaban J connectivity index is 1.74. The molecule has 0 aliphatic heterocycles. The van der Waals surface area contributed by atoms with Crippen LogP contribution in [0.3, 0.4) is 0 Å². The summed E-state index contributed by atoms with van der Waals surface area (Å²) in [6.07, 6.45) is 0. The van der Waals surface area contributed by atoms with Gasteiger partial charge < -0.3 is 4.57 Å². The van der Waals surface area contributed by atoms with E-state index in [0.29, 0.717) is 0 Å². The van der Waals surface area contributed by atoms with Gasteiger partial charge in [0.2, 0.25) is 0 Å². The fraction of sp³-hybridized carbons (Fsp3) is 0. The topological polar surface area (TPSA) is 4.93 Å². The minimum Gasteiger partial charge on any atom is -0.307 e. The second kappa shape index (κ2) is 7.44. The number of fused-ring (bicyclic) bond motifs is 15. The molecule has 0 saturated heterocycles. The zero-order valence-electron chi connectivity index (χ0n) is 20.5. The fourth-order valence-electron chi connectivity index (χ4n) is 6.66. The van der Waals surface area contributed by atoms with Crippen molar-refractivity contribution in [3.63, 3.8) is 0 Å². The summed E-state index contributed by atoms with van der Waals surface area (Å²) in [5.74, 6) is 0. The molecule has 0 spiro atoms. The lowest BCUT2D eigenvalue weighted by Crippen LogP contribution is -1.94. The SMILES string of the molecule is c1ccc(-n2c3c4ccccc4c4ccccc4c3c3c4ccccc4c4c5ccccc5sc4c32)cc1. The van der Waals surface area contributed by atoms with Crippen LogP contribution in [-0.2, 0) is 0 Å². The first-order valence-electron chi connectivity index (χ1n) is 13.0. The van der Waals surface area contributed by atoms with Crippen LogP contribution in [0.1, 0.15) is 0 Å². The van der Waals surface area contributed by atoms with Crippen LogP contribution in [0.2, 0.25) is 0 Å². The third-order valence-electron chi connectivity index (χ3n) is 8.13. The van der Waals surface area contributed by atoms with Crippen LogP contribution in [0, 0.1) is 0 Å². The van der Waals surface area contributed by atoms with E-state index in [1.54, 1.807) is 0 Å². The van der Waals surface area contributed by atoms with Crippen LogP contribution in [-0.4, -0.2) is 4.57 Å². The highest BCUT2D eigenvalue weighted by Crippen LogP contribution is 2.50. The quantitative estimate of drug-likeness (QED) is 0.198. The zero-order chi connectivity index (χ0) is 24.8. The maximum Gasteiger partial charge on any atom is 0.0726 e. The molecule has 0 N–H and O–H groups in total. The van der Waals surface area contributed by atoms with E-state index in [9.17, 15) is 0 Å². The number of nitrogens with zero attached hydrogens (tertiary/aromatic N) is 1. The molecule has 0 radical (unpaired) electrons. The highest BCUT2D eigenvalue weighted by molar-refractivity contribution is 7.27. The Morgan fingerprint density at radius 3 is 1.55 bits per heavy atom. The number of thiophene rings is 1. The smallest absolute Gasteiger partial charge is 0.0726 e. The number of benzene rings is 7. The van der Waals surface area contributed by atoms with Gasteiger partial charge in [-0.3, -0.25) is 0 Å². The standard InChI is InChI=1S/C36H21NS/c1-2-12-22(13-3-1)37-34-28-19-9-5-15-24(28)23-14-4-6-16-25(23)32(34)33-27-18-8-7-17-26(27)31-29-20-10-11-21-30(29)38-36(31)35(33)37/h1-21H. The molecule has 0 aliphatic carbocycles. The predicted octanol–water partition coefficient (Wildman–Crippen LogP) is 10.6. The number of para-hydroxylation sites is 1. The van der Waals surface area contributed by atoms with Crippen molar-refractivity contribution in [3.8, 4) is 5.69 Å². The second-order valence-electron chi connectivity index (χ2n) is 10.1. The molecule has 0 aliphatic rings. The van der Waals surface area contributed by atoms with Gasteiger partial charge in [0, 0.05) is 37.3 Å². The largest absolute Gasteiger partial charge is 0.307 e. The number of aromatic nitrogens is 1. The maximum absolute atomic E-state index is 2.55. The normalized spacial score (nSPS) is 12.2. The Bertz CT molecular complexity index is 2390. The van der Waals surface area contributed by atoms with E-state index in [1.807, 2.05) is 11.3 Å². The summed E-state index contributed by atoms with van der Waals surface area (Å²) in [6.45, 7) is 0. The van der Waals surface area contributed by atoms with Crippen molar-refractivity contribution in [3.05, 3.63) is 127 Å². The lowest BCUT2D eigenvalue weighted by atomic mass is 9.94. The summed E-state index contributed by atoms with van der Waals surface area (Å²) in [7, 11) is 0. The molecule has 0 saturated carbocycles. The molecule has 2 heteroatoms. The van der Waals surface area contributed by atoms with Crippen molar-refractivity contribution in [2.75, 3.05) is 0 Å². The Kier molecular flexibility index (Phi) is 3.99. The first-order valence-corrected chi connectivity index (χ1v) is 13.9. The van der Waals surface area contributed by atoms with Gasteiger partial charge in [0.05, 0.1) is 15.7 Å². The van der Waals surface area contributed by atoms with E-state index in [0.717, 1.165) is 0 Å². The van der Waals surface area contributed by atoms with Crippen molar-refractivity contribution in [2.24, 2.45) is 0 Å². The van der Waals surface area contributed by atoms with Crippen molar-refractivity contribution in [1.29, 1.82) is 0 Å². The summed E-state index contributed by atoms with van der Waals surface area (Å²) in [4.78, 5) is 0. The molecule has 2 aromatic heterocycles. The maximum atomic E-state index is 2.55. The first kappa shape index (κ1) is 20.4. The lowest BCUT2D eigenvalue weighted by molar-refractivity contribution is 1.20. The molecule has 2 heterocycles. The average molecular weight is 500 g/mol. The van der Waals surface area contributed by atoms with E-state index >= 15 is 0 Å². The van der Waals surface area contributed by atoms with E-state index < -0.39 is 0 Å². The molecule has 0 fully saturated rings. The first-order chi connectivity index (χ1) is 18.9. The molecule has 1 nitrogen and oxygen atoms in total. The third-order valence-corrected chi connectivity index (χ3v) is 9.31. The van der Waals surface area contributed by atoms with Crippen LogP contribution in [0.4, 0.5) is 0 Å². The molecule has 176 valence electrons. The number of hydrogen-bond acceptors (Lipinski definition) is 1. The molecule has 7 aromatic carbocycles.